The summed E-state index contributed by atoms with van der Waals surface area (Å²) in [6, 6.07) is 25.1. The van der Waals surface area contributed by atoms with Crippen molar-refractivity contribution in [2.75, 3.05) is 5.32 Å². The lowest BCUT2D eigenvalue weighted by Crippen LogP contribution is -2.16. The van der Waals surface area contributed by atoms with Gasteiger partial charge in [0, 0.05) is 5.69 Å². The number of aromatic nitrogens is 4. The summed E-state index contributed by atoms with van der Waals surface area (Å²) in [6.07, 6.45) is 0. The molecule has 0 unspecified atom stereocenters. The molecule has 0 aliphatic rings. The van der Waals surface area contributed by atoms with Gasteiger partial charge in [-0.05, 0) is 48.9 Å². The van der Waals surface area contributed by atoms with Gasteiger partial charge in [-0.15, -0.1) is 5.10 Å². The first-order chi connectivity index (χ1) is 13.7. The molecule has 0 amide bonds. The fraction of sp³-hybridized carbons (Fsp3) is 0.0455. The van der Waals surface area contributed by atoms with Crippen LogP contribution in [-0.4, -0.2) is 19.2 Å². The topological polar surface area (TPSA) is 64.2 Å². The molecule has 28 heavy (non-hydrogen) atoms. The standard InChI is InChI=1S/C22H17N5O/c1-15-8-7-9-16(14-15)23-21-25-27-20(28)18-12-5-6-13-19(18)24-22(27)26(21)17-10-3-2-4-11-17/h2-14H,1H3,(H,23,25). The number of benzene rings is 3. The summed E-state index contributed by atoms with van der Waals surface area (Å²) in [5.74, 6) is 0.988. The van der Waals surface area contributed by atoms with Crippen molar-refractivity contribution in [3.8, 4) is 5.69 Å². The lowest BCUT2D eigenvalue weighted by molar-refractivity contribution is 0.917. The van der Waals surface area contributed by atoms with Gasteiger partial charge >= 0.3 is 0 Å². The van der Waals surface area contributed by atoms with Crippen LogP contribution >= 0.6 is 0 Å². The minimum Gasteiger partial charge on any atom is -0.324 e. The van der Waals surface area contributed by atoms with Gasteiger partial charge in [0.05, 0.1) is 16.6 Å². The summed E-state index contributed by atoms with van der Waals surface area (Å²) in [5.41, 5.74) is 3.35. The highest BCUT2D eigenvalue weighted by atomic mass is 16.1. The molecule has 2 heterocycles. The van der Waals surface area contributed by atoms with E-state index in [-0.39, 0.29) is 5.56 Å². The van der Waals surface area contributed by atoms with Crippen LogP contribution in [-0.2, 0) is 0 Å². The maximum Gasteiger partial charge on any atom is 0.283 e. The first kappa shape index (κ1) is 16.3. The van der Waals surface area contributed by atoms with Crippen molar-refractivity contribution in [2.24, 2.45) is 0 Å². The van der Waals surface area contributed by atoms with E-state index in [1.54, 1.807) is 6.07 Å². The SMILES string of the molecule is Cc1cccc(Nc2nn3c(=O)c4ccccc4nc3n2-c2ccccc2)c1. The van der Waals surface area contributed by atoms with Crippen LogP contribution < -0.4 is 10.9 Å². The average molecular weight is 367 g/mol. The Morgan fingerprint density at radius 1 is 0.893 bits per heavy atom. The van der Waals surface area contributed by atoms with Crippen LogP contribution in [0.15, 0.2) is 83.7 Å². The number of hydrogen-bond donors (Lipinski definition) is 1. The highest BCUT2D eigenvalue weighted by Gasteiger charge is 2.17. The molecule has 5 rings (SSSR count). The molecule has 0 fully saturated rings. The highest BCUT2D eigenvalue weighted by molar-refractivity contribution is 5.79. The second kappa shape index (κ2) is 6.35. The molecule has 6 heteroatoms. The Morgan fingerprint density at radius 3 is 2.50 bits per heavy atom. The second-order valence-corrected chi connectivity index (χ2v) is 6.63. The van der Waals surface area contributed by atoms with E-state index in [9.17, 15) is 4.79 Å². The largest absolute Gasteiger partial charge is 0.324 e. The molecule has 0 saturated heterocycles. The van der Waals surface area contributed by atoms with Crippen LogP contribution in [0.25, 0.3) is 22.4 Å². The molecule has 6 nitrogen and oxygen atoms in total. The van der Waals surface area contributed by atoms with E-state index in [2.05, 4.69) is 10.4 Å². The van der Waals surface area contributed by atoms with Crippen LogP contribution in [0.1, 0.15) is 5.56 Å². The van der Waals surface area contributed by atoms with Gasteiger partial charge in [0.15, 0.2) is 0 Å². The Balaban J connectivity index is 1.82. The predicted octanol–water partition coefficient (Wildman–Crippen LogP) is 4.09. The van der Waals surface area contributed by atoms with Crippen molar-refractivity contribution in [3.05, 3.63) is 94.8 Å². The number of fused-ring (bicyclic) bond motifs is 2. The number of aryl methyl sites for hydroxylation is 1. The van der Waals surface area contributed by atoms with Crippen LogP contribution in [0, 0.1) is 6.92 Å². The molecule has 0 aliphatic carbocycles. The van der Waals surface area contributed by atoms with E-state index < -0.39 is 0 Å². The summed E-state index contributed by atoms with van der Waals surface area (Å²) in [7, 11) is 0. The smallest absolute Gasteiger partial charge is 0.283 e. The lowest BCUT2D eigenvalue weighted by atomic mass is 10.2. The van der Waals surface area contributed by atoms with E-state index in [0.717, 1.165) is 16.9 Å². The van der Waals surface area contributed by atoms with Gasteiger partial charge in [0.25, 0.3) is 5.56 Å². The maximum absolute atomic E-state index is 13.0. The Labute approximate surface area is 160 Å². The van der Waals surface area contributed by atoms with E-state index in [4.69, 9.17) is 4.98 Å². The highest BCUT2D eigenvalue weighted by Crippen LogP contribution is 2.23. The molecule has 0 atom stereocenters. The molecule has 136 valence electrons. The Bertz CT molecular complexity index is 1370. The number of rotatable bonds is 3. The van der Waals surface area contributed by atoms with E-state index in [1.807, 2.05) is 84.3 Å². The molecule has 0 saturated carbocycles. The zero-order chi connectivity index (χ0) is 19.1. The summed E-state index contributed by atoms with van der Waals surface area (Å²) in [5, 5.41) is 8.43. The molecular weight excluding hydrogens is 350 g/mol. The van der Waals surface area contributed by atoms with Crippen molar-refractivity contribution in [1.29, 1.82) is 0 Å². The normalized spacial score (nSPS) is 11.2. The van der Waals surface area contributed by atoms with Crippen molar-refractivity contribution in [3.63, 3.8) is 0 Å². The van der Waals surface area contributed by atoms with Gasteiger partial charge in [-0.25, -0.2) is 9.55 Å². The van der Waals surface area contributed by atoms with Crippen LogP contribution in [0.2, 0.25) is 0 Å². The Kier molecular flexibility index (Phi) is 3.69. The third-order valence-electron chi connectivity index (χ3n) is 4.63. The van der Waals surface area contributed by atoms with Crippen molar-refractivity contribution < 1.29 is 0 Å². The van der Waals surface area contributed by atoms with E-state index in [1.165, 1.54) is 4.52 Å². The number of hydrogen-bond acceptors (Lipinski definition) is 4. The number of nitrogens with zero attached hydrogens (tertiary/aromatic N) is 4. The average Bonchev–Trinajstić information content (AvgIpc) is 3.07. The minimum atomic E-state index is -0.192. The monoisotopic (exact) mass is 367 g/mol. The molecule has 5 aromatic rings. The van der Waals surface area contributed by atoms with E-state index >= 15 is 0 Å². The molecule has 0 bridgehead atoms. The molecule has 1 N–H and O–H groups in total. The van der Waals surface area contributed by atoms with Gasteiger partial charge in [0.2, 0.25) is 11.7 Å². The molecule has 3 aromatic carbocycles. The summed E-state index contributed by atoms with van der Waals surface area (Å²) >= 11 is 0. The molecule has 0 radical (unpaired) electrons. The van der Waals surface area contributed by atoms with Crippen LogP contribution in [0.3, 0.4) is 0 Å². The minimum absolute atomic E-state index is 0.192. The quantitative estimate of drug-likeness (QED) is 0.522. The summed E-state index contributed by atoms with van der Waals surface area (Å²) < 4.78 is 3.21. The zero-order valence-electron chi connectivity index (χ0n) is 15.2. The number of nitrogens with one attached hydrogen (secondary N) is 1. The Hall–Kier alpha value is -3.93. The third-order valence-corrected chi connectivity index (χ3v) is 4.63. The molecular formula is C22H17N5O. The van der Waals surface area contributed by atoms with Gasteiger partial charge in [-0.2, -0.15) is 4.52 Å². The Morgan fingerprint density at radius 2 is 1.68 bits per heavy atom. The fourth-order valence-corrected chi connectivity index (χ4v) is 3.33. The van der Waals surface area contributed by atoms with Gasteiger partial charge in [-0.1, -0.05) is 42.5 Å². The lowest BCUT2D eigenvalue weighted by Gasteiger charge is -2.10. The van der Waals surface area contributed by atoms with Crippen LogP contribution in [0.5, 0.6) is 0 Å². The number of anilines is 2. The zero-order valence-corrected chi connectivity index (χ0v) is 15.2. The van der Waals surface area contributed by atoms with E-state index in [0.29, 0.717) is 22.6 Å². The predicted molar refractivity (Wildman–Crippen MR) is 111 cm³/mol. The third kappa shape index (κ3) is 2.63. The van der Waals surface area contributed by atoms with Gasteiger partial charge < -0.3 is 5.32 Å². The molecule has 0 aliphatic heterocycles. The van der Waals surface area contributed by atoms with Gasteiger partial charge in [0.1, 0.15) is 0 Å². The first-order valence-corrected chi connectivity index (χ1v) is 9.00. The molecule has 0 spiro atoms. The number of para-hydroxylation sites is 2. The van der Waals surface area contributed by atoms with Crippen molar-refractivity contribution >= 4 is 28.3 Å². The van der Waals surface area contributed by atoms with Crippen LogP contribution in [0.4, 0.5) is 11.6 Å². The van der Waals surface area contributed by atoms with Crippen molar-refractivity contribution in [2.45, 2.75) is 6.92 Å². The second-order valence-electron chi connectivity index (χ2n) is 6.63. The van der Waals surface area contributed by atoms with Crippen molar-refractivity contribution in [1.82, 2.24) is 19.2 Å². The summed E-state index contributed by atoms with van der Waals surface area (Å²) in [6.45, 7) is 2.03. The van der Waals surface area contributed by atoms with Gasteiger partial charge in [-0.3, -0.25) is 4.79 Å². The maximum atomic E-state index is 13.0. The summed E-state index contributed by atoms with van der Waals surface area (Å²) in [4.78, 5) is 17.7. The fourth-order valence-electron chi connectivity index (χ4n) is 3.33. The first-order valence-electron chi connectivity index (χ1n) is 9.00. The molecule has 2 aromatic heterocycles.